The lowest BCUT2D eigenvalue weighted by Crippen LogP contribution is -2.60. The van der Waals surface area contributed by atoms with Crippen LogP contribution >= 0.6 is 0 Å². The normalized spacial score (nSPS) is 20.0. The van der Waals surface area contributed by atoms with Crippen LogP contribution in [0.15, 0.2) is 65.7 Å². The Morgan fingerprint density at radius 1 is 0.894 bits per heavy atom. The molecule has 13 nitrogen and oxygen atoms in total. The number of amides is 4. The molecule has 2 aliphatic heterocycles. The number of benzene rings is 2. The Morgan fingerprint density at radius 2 is 1.55 bits per heavy atom. The summed E-state index contributed by atoms with van der Waals surface area (Å²) >= 11 is 0. The number of carboxylic acid groups (broad SMARTS) is 1. The first-order valence-electron chi connectivity index (χ1n) is 16.2. The number of hydrogen-bond donors (Lipinski definition) is 6. The zero-order valence-electron chi connectivity index (χ0n) is 26.5. The van der Waals surface area contributed by atoms with Crippen LogP contribution in [0.5, 0.6) is 0 Å². The van der Waals surface area contributed by atoms with Crippen LogP contribution in [0.25, 0.3) is 0 Å². The highest BCUT2D eigenvalue weighted by Gasteiger charge is 2.46. The highest BCUT2D eigenvalue weighted by molar-refractivity contribution is 5.95. The van der Waals surface area contributed by atoms with Gasteiger partial charge in [-0.05, 0) is 62.5 Å². The number of guanidine groups is 1. The lowest BCUT2D eigenvalue weighted by atomic mass is 9.97. The Labute approximate surface area is 274 Å². The average Bonchev–Trinajstić information content (AvgIpc) is 3.48. The predicted octanol–water partition coefficient (Wildman–Crippen LogP) is 0.998. The molecule has 47 heavy (non-hydrogen) atoms. The van der Waals surface area contributed by atoms with E-state index in [1.54, 1.807) is 4.90 Å². The second kappa shape index (κ2) is 17.1. The highest BCUT2D eigenvalue weighted by atomic mass is 16.4. The van der Waals surface area contributed by atoms with Gasteiger partial charge in [0.1, 0.15) is 18.1 Å². The van der Waals surface area contributed by atoms with E-state index in [1.165, 1.54) is 0 Å². The summed E-state index contributed by atoms with van der Waals surface area (Å²) in [6.45, 7) is 0.231. The van der Waals surface area contributed by atoms with E-state index in [2.05, 4.69) is 20.9 Å². The fourth-order valence-electron chi connectivity index (χ4n) is 6.34. The first-order chi connectivity index (χ1) is 22.6. The molecule has 2 fully saturated rings. The highest BCUT2D eigenvalue weighted by Crippen LogP contribution is 2.33. The largest absolute Gasteiger partial charge is 0.481 e. The number of carboxylic acids is 1. The van der Waals surface area contributed by atoms with Crippen molar-refractivity contribution in [2.24, 2.45) is 16.5 Å². The van der Waals surface area contributed by atoms with Crippen molar-refractivity contribution in [1.82, 2.24) is 20.9 Å². The van der Waals surface area contributed by atoms with E-state index >= 15 is 0 Å². The van der Waals surface area contributed by atoms with Crippen LogP contribution < -0.4 is 27.4 Å². The molecule has 4 amide bonds. The molecule has 2 aromatic carbocycles. The number of hydrogen-bond acceptors (Lipinski definition) is 6. The number of aliphatic imine (C=N–C) groups is 1. The number of nitrogens with two attached hydrogens (primary N) is 2. The van der Waals surface area contributed by atoms with Crippen molar-refractivity contribution in [3.05, 3.63) is 71.8 Å². The quantitative estimate of drug-likeness (QED) is 0.0877. The number of fused-ring (bicyclic) bond motifs is 1. The molecule has 252 valence electrons. The summed E-state index contributed by atoms with van der Waals surface area (Å²) in [5.41, 5.74) is 12.7. The Hall–Kier alpha value is -4.94. The fraction of sp³-hybridized carbons (Fsp3) is 0.471. The van der Waals surface area contributed by atoms with Gasteiger partial charge in [0.2, 0.25) is 23.6 Å². The summed E-state index contributed by atoms with van der Waals surface area (Å²) in [6, 6.07) is 15.4. The summed E-state index contributed by atoms with van der Waals surface area (Å²) in [5, 5.41) is 18.0. The lowest BCUT2D eigenvalue weighted by molar-refractivity contribution is -0.146. The molecule has 2 heterocycles. The van der Waals surface area contributed by atoms with Gasteiger partial charge in [0.15, 0.2) is 5.96 Å². The third kappa shape index (κ3) is 10.5. The van der Waals surface area contributed by atoms with E-state index in [4.69, 9.17) is 11.5 Å². The number of aliphatic carboxylic acids is 1. The van der Waals surface area contributed by atoms with Crippen molar-refractivity contribution in [1.29, 1.82) is 0 Å². The molecule has 8 N–H and O–H groups in total. The van der Waals surface area contributed by atoms with Gasteiger partial charge in [-0.3, -0.25) is 29.0 Å². The molecule has 4 rings (SSSR count). The second-order valence-corrected chi connectivity index (χ2v) is 12.2. The van der Waals surface area contributed by atoms with E-state index in [-0.39, 0.29) is 49.6 Å². The monoisotopic (exact) mass is 647 g/mol. The minimum atomic E-state index is -1.05. The molecular formula is C34H45N7O6. The van der Waals surface area contributed by atoms with Crippen molar-refractivity contribution in [3.8, 4) is 0 Å². The van der Waals surface area contributed by atoms with Crippen molar-refractivity contribution in [2.45, 2.75) is 94.4 Å². The Morgan fingerprint density at radius 3 is 2.21 bits per heavy atom. The van der Waals surface area contributed by atoms with Gasteiger partial charge in [-0.2, -0.15) is 0 Å². The molecule has 0 unspecified atom stereocenters. The van der Waals surface area contributed by atoms with Crippen molar-refractivity contribution in [3.63, 3.8) is 0 Å². The van der Waals surface area contributed by atoms with Crippen molar-refractivity contribution >= 4 is 35.6 Å². The number of nitrogens with one attached hydrogen (secondary N) is 3. The van der Waals surface area contributed by atoms with Crippen LogP contribution in [0.3, 0.4) is 0 Å². The molecule has 5 atom stereocenters. The summed E-state index contributed by atoms with van der Waals surface area (Å²) in [7, 11) is 0. The fourth-order valence-corrected chi connectivity index (χ4v) is 6.34. The molecule has 2 aromatic rings. The molecule has 13 heteroatoms. The molecule has 0 spiro atoms. The van der Waals surface area contributed by atoms with Gasteiger partial charge in [0.05, 0.1) is 12.8 Å². The number of piperidine rings is 1. The SMILES string of the molecule is NC(N)=NCCC[C@H](NC(=O)[C@@H]1CC[C@H]2CC[C@H](NC(=O)Cc3ccccc3)C(=O)N21)C(=O)N[C@H](CCc1ccccc1)CC(=O)O. The van der Waals surface area contributed by atoms with Crippen molar-refractivity contribution < 1.29 is 29.1 Å². The molecule has 0 bridgehead atoms. The zero-order valence-corrected chi connectivity index (χ0v) is 26.5. The standard InChI is InChI=1S/C34H45N7O6/c35-34(36)37-19-7-12-26(31(45)38-24(21-30(43)44)14-13-22-8-3-1-4-9-22)40-32(46)28-18-16-25-15-17-27(33(47)41(25)28)39-29(42)20-23-10-5-2-6-11-23/h1-6,8-11,24-28H,7,12-21H2,(H,38,45)(H,39,42)(H,40,46)(H,43,44)(H4,35,36,37)/t24-,25-,26+,27+,28+/m1/s1. The van der Waals surface area contributed by atoms with Gasteiger partial charge in [-0.1, -0.05) is 60.7 Å². The van der Waals surface area contributed by atoms with Crippen LogP contribution in [0, 0.1) is 0 Å². The summed E-state index contributed by atoms with van der Waals surface area (Å²) in [4.78, 5) is 70.8. The predicted molar refractivity (Wildman–Crippen MR) is 176 cm³/mol. The van der Waals surface area contributed by atoms with E-state index in [0.717, 1.165) is 11.1 Å². The molecule has 0 aliphatic carbocycles. The molecule has 0 saturated carbocycles. The van der Waals surface area contributed by atoms with E-state index in [9.17, 15) is 29.1 Å². The topological polar surface area (TPSA) is 209 Å². The number of carbonyl (C=O) groups excluding carboxylic acids is 4. The molecule has 2 aliphatic rings. The number of aryl methyl sites for hydroxylation is 1. The summed E-state index contributed by atoms with van der Waals surface area (Å²) in [6.07, 6.45) is 3.56. The van der Waals surface area contributed by atoms with Gasteiger partial charge in [0.25, 0.3) is 0 Å². The van der Waals surface area contributed by atoms with Crippen LogP contribution in [0.4, 0.5) is 0 Å². The second-order valence-electron chi connectivity index (χ2n) is 12.2. The third-order valence-electron chi connectivity index (χ3n) is 8.66. The minimum Gasteiger partial charge on any atom is -0.481 e. The van der Waals surface area contributed by atoms with E-state index in [0.29, 0.717) is 44.9 Å². The number of carbonyl (C=O) groups is 5. The van der Waals surface area contributed by atoms with Crippen LogP contribution in [-0.4, -0.2) is 82.3 Å². The average molecular weight is 648 g/mol. The van der Waals surface area contributed by atoms with Gasteiger partial charge in [-0.15, -0.1) is 0 Å². The maximum atomic E-state index is 13.7. The molecule has 0 aromatic heterocycles. The minimum absolute atomic E-state index is 0.0940. The third-order valence-corrected chi connectivity index (χ3v) is 8.66. The van der Waals surface area contributed by atoms with Gasteiger partial charge in [-0.25, -0.2) is 0 Å². The Kier molecular flexibility index (Phi) is 12.7. The summed E-state index contributed by atoms with van der Waals surface area (Å²) in [5.74, 6) is -2.72. The molecular weight excluding hydrogens is 602 g/mol. The first-order valence-corrected chi connectivity index (χ1v) is 16.2. The number of nitrogens with zero attached hydrogens (tertiary/aromatic N) is 2. The van der Waals surface area contributed by atoms with Gasteiger partial charge >= 0.3 is 5.97 Å². The van der Waals surface area contributed by atoms with Crippen LogP contribution in [-0.2, 0) is 36.8 Å². The maximum absolute atomic E-state index is 13.7. The smallest absolute Gasteiger partial charge is 0.305 e. The lowest BCUT2D eigenvalue weighted by Gasteiger charge is -2.38. The van der Waals surface area contributed by atoms with Crippen LogP contribution in [0.2, 0.25) is 0 Å². The van der Waals surface area contributed by atoms with E-state index in [1.807, 2.05) is 60.7 Å². The van der Waals surface area contributed by atoms with Gasteiger partial charge < -0.3 is 37.4 Å². The molecule has 0 radical (unpaired) electrons. The maximum Gasteiger partial charge on any atom is 0.305 e. The zero-order chi connectivity index (χ0) is 33.8. The van der Waals surface area contributed by atoms with Gasteiger partial charge in [0, 0.05) is 18.6 Å². The Bertz CT molecular complexity index is 1420. The molecule has 2 saturated heterocycles. The van der Waals surface area contributed by atoms with Crippen LogP contribution in [0.1, 0.15) is 62.5 Å². The summed E-state index contributed by atoms with van der Waals surface area (Å²) < 4.78 is 0. The Balaban J connectivity index is 1.41. The van der Waals surface area contributed by atoms with E-state index < -0.39 is 42.0 Å². The number of rotatable bonds is 16. The van der Waals surface area contributed by atoms with Crippen molar-refractivity contribution in [2.75, 3.05) is 6.54 Å². The first kappa shape index (κ1) is 34.9.